The fourth-order valence-corrected chi connectivity index (χ4v) is 2.50. The molecule has 1 aromatic carbocycles. The van der Waals surface area contributed by atoms with Gasteiger partial charge in [0, 0.05) is 4.47 Å². The molecule has 1 atom stereocenters. The largest absolute Gasteiger partial charge is 0.497 e. The van der Waals surface area contributed by atoms with Crippen LogP contribution in [-0.4, -0.2) is 7.11 Å². The van der Waals surface area contributed by atoms with Gasteiger partial charge in [0.1, 0.15) is 11.5 Å². The lowest BCUT2D eigenvalue weighted by molar-refractivity contribution is 0.413. The highest BCUT2D eigenvalue weighted by Gasteiger charge is 2.18. The van der Waals surface area contributed by atoms with Gasteiger partial charge in [0.05, 0.1) is 23.9 Å². The number of hydrogen-bond acceptors (Lipinski definition) is 3. The van der Waals surface area contributed by atoms with E-state index in [9.17, 15) is 0 Å². The zero-order valence-corrected chi connectivity index (χ0v) is 12.3. The van der Waals surface area contributed by atoms with Gasteiger partial charge in [-0.25, -0.2) is 0 Å². The van der Waals surface area contributed by atoms with E-state index in [1.54, 1.807) is 13.4 Å². The maximum Gasteiger partial charge on any atom is 0.139 e. The van der Waals surface area contributed by atoms with Crippen molar-refractivity contribution < 1.29 is 9.15 Å². The Morgan fingerprint density at radius 1 is 1.24 bits per heavy atom. The van der Waals surface area contributed by atoms with E-state index in [0.717, 1.165) is 20.3 Å². The van der Waals surface area contributed by atoms with Gasteiger partial charge < -0.3 is 14.9 Å². The second-order valence-electron chi connectivity index (χ2n) is 3.50. The van der Waals surface area contributed by atoms with Gasteiger partial charge in [-0.15, -0.1) is 0 Å². The van der Waals surface area contributed by atoms with Crippen molar-refractivity contribution in [1.82, 2.24) is 0 Å². The molecule has 0 saturated heterocycles. The molecule has 0 aliphatic rings. The Kier molecular flexibility index (Phi) is 3.91. The van der Waals surface area contributed by atoms with Crippen LogP contribution in [0, 0.1) is 0 Å². The van der Waals surface area contributed by atoms with Gasteiger partial charge in [-0.3, -0.25) is 0 Å². The number of furan rings is 1. The highest BCUT2D eigenvalue weighted by atomic mass is 79.9. The molecule has 2 aromatic rings. The van der Waals surface area contributed by atoms with Gasteiger partial charge in [0.2, 0.25) is 0 Å². The summed E-state index contributed by atoms with van der Waals surface area (Å²) in [4.78, 5) is 0. The monoisotopic (exact) mass is 359 g/mol. The van der Waals surface area contributed by atoms with Crippen LogP contribution in [0.1, 0.15) is 17.4 Å². The molecule has 0 spiro atoms. The minimum Gasteiger partial charge on any atom is -0.497 e. The fourth-order valence-electron chi connectivity index (χ4n) is 1.56. The molecule has 0 bridgehead atoms. The predicted octanol–water partition coefficient (Wildman–Crippen LogP) is 3.86. The van der Waals surface area contributed by atoms with Crippen LogP contribution in [0.25, 0.3) is 0 Å². The van der Waals surface area contributed by atoms with Crippen molar-refractivity contribution in [1.29, 1.82) is 0 Å². The summed E-state index contributed by atoms with van der Waals surface area (Å²) in [7, 11) is 1.63. The number of methoxy groups -OCH3 is 1. The van der Waals surface area contributed by atoms with Crippen LogP contribution < -0.4 is 10.5 Å². The summed E-state index contributed by atoms with van der Waals surface area (Å²) in [5.74, 6) is 1.46. The van der Waals surface area contributed by atoms with Gasteiger partial charge >= 0.3 is 0 Å². The van der Waals surface area contributed by atoms with E-state index in [2.05, 4.69) is 31.9 Å². The summed E-state index contributed by atoms with van der Waals surface area (Å²) in [6, 6.07) is 7.15. The minimum absolute atomic E-state index is 0.344. The Labute approximate surface area is 116 Å². The van der Waals surface area contributed by atoms with Crippen LogP contribution in [0.3, 0.4) is 0 Å². The van der Waals surface area contributed by atoms with E-state index >= 15 is 0 Å². The van der Waals surface area contributed by atoms with Gasteiger partial charge in [0.15, 0.2) is 0 Å². The predicted molar refractivity (Wildman–Crippen MR) is 73.1 cm³/mol. The molecule has 17 heavy (non-hydrogen) atoms. The molecule has 3 nitrogen and oxygen atoms in total. The van der Waals surface area contributed by atoms with E-state index in [-0.39, 0.29) is 6.04 Å². The third-order valence-electron chi connectivity index (χ3n) is 2.47. The molecule has 5 heteroatoms. The molecule has 0 amide bonds. The number of halogens is 2. The van der Waals surface area contributed by atoms with Gasteiger partial charge in [0.25, 0.3) is 0 Å². The summed E-state index contributed by atoms with van der Waals surface area (Å²) in [5, 5.41) is 0. The third-order valence-corrected chi connectivity index (χ3v) is 3.84. The van der Waals surface area contributed by atoms with E-state index in [1.165, 1.54) is 0 Å². The summed E-state index contributed by atoms with van der Waals surface area (Å²) in [6.07, 6.45) is 1.60. The number of rotatable bonds is 3. The highest BCUT2D eigenvalue weighted by Crippen LogP contribution is 2.33. The van der Waals surface area contributed by atoms with Gasteiger partial charge in [-0.1, -0.05) is 15.9 Å². The number of benzene rings is 1. The van der Waals surface area contributed by atoms with Crippen LogP contribution >= 0.6 is 31.9 Å². The first-order chi connectivity index (χ1) is 8.13. The molecule has 0 saturated carbocycles. The second kappa shape index (κ2) is 5.25. The zero-order valence-electron chi connectivity index (χ0n) is 9.11. The van der Waals surface area contributed by atoms with E-state index in [1.807, 2.05) is 24.3 Å². The van der Waals surface area contributed by atoms with Crippen molar-refractivity contribution in [2.45, 2.75) is 6.04 Å². The Bertz CT molecular complexity index is 525. The van der Waals surface area contributed by atoms with Crippen molar-refractivity contribution in [3.8, 4) is 5.75 Å². The first-order valence-electron chi connectivity index (χ1n) is 4.95. The van der Waals surface area contributed by atoms with Gasteiger partial charge in [-0.2, -0.15) is 0 Å². The van der Waals surface area contributed by atoms with Crippen LogP contribution in [0.2, 0.25) is 0 Å². The SMILES string of the molecule is COc1ccc(Br)c(C(N)c2occc2Br)c1. The summed E-state index contributed by atoms with van der Waals surface area (Å²) in [6.45, 7) is 0. The Balaban J connectivity index is 2.43. The summed E-state index contributed by atoms with van der Waals surface area (Å²) in [5.41, 5.74) is 7.09. The molecule has 1 aromatic heterocycles. The van der Waals surface area contributed by atoms with Crippen molar-refractivity contribution in [2.75, 3.05) is 7.11 Å². The number of hydrogen-bond donors (Lipinski definition) is 1. The Hall–Kier alpha value is -0.780. The average Bonchev–Trinajstić information content (AvgIpc) is 2.75. The molecule has 2 N–H and O–H groups in total. The summed E-state index contributed by atoms with van der Waals surface area (Å²) < 4.78 is 12.4. The van der Waals surface area contributed by atoms with Crippen molar-refractivity contribution in [3.05, 3.63) is 50.8 Å². The quantitative estimate of drug-likeness (QED) is 0.903. The van der Waals surface area contributed by atoms with Crippen molar-refractivity contribution in [3.63, 3.8) is 0 Å². The van der Waals surface area contributed by atoms with Crippen molar-refractivity contribution in [2.24, 2.45) is 5.73 Å². The lowest BCUT2D eigenvalue weighted by Crippen LogP contribution is -2.12. The van der Waals surface area contributed by atoms with Crippen molar-refractivity contribution >= 4 is 31.9 Å². The first-order valence-corrected chi connectivity index (χ1v) is 6.54. The highest BCUT2D eigenvalue weighted by molar-refractivity contribution is 9.10. The Morgan fingerprint density at radius 2 is 2.00 bits per heavy atom. The van der Waals surface area contributed by atoms with Crippen LogP contribution in [0.4, 0.5) is 0 Å². The van der Waals surface area contributed by atoms with Crippen LogP contribution in [-0.2, 0) is 0 Å². The average molecular weight is 361 g/mol. The molecule has 0 radical (unpaired) electrons. The lowest BCUT2D eigenvalue weighted by Gasteiger charge is -2.13. The molecule has 0 aliphatic heterocycles. The number of nitrogens with two attached hydrogens (primary N) is 1. The maximum absolute atomic E-state index is 6.18. The molecule has 1 unspecified atom stereocenters. The molecule has 0 aliphatic carbocycles. The van der Waals surface area contributed by atoms with E-state index in [0.29, 0.717) is 5.76 Å². The molecule has 2 rings (SSSR count). The number of ether oxygens (including phenoxy) is 1. The normalized spacial score (nSPS) is 12.5. The molecule has 1 heterocycles. The van der Waals surface area contributed by atoms with E-state index in [4.69, 9.17) is 14.9 Å². The summed E-state index contributed by atoms with van der Waals surface area (Å²) >= 11 is 6.88. The van der Waals surface area contributed by atoms with Gasteiger partial charge in [-0.05, 0) is 45.8 Å². The molecule has 0 fully saturated rings. The first kappa shape index (κ1) is 12.7. The molecular formula is C12H11Br2NO2. The maximum atomic E-state index is 6.18. The molecule has 90 valence electrons. The second-order valence-corrected chi connectivity index (χ2v) is 5.21. The fraction of sp³-hybridized carbons (Fsp3) is 0.167. The standard InChI is InChI=1S/C12H11Br2NO2/c1-16-7-2-3-9(13)8(6-7)11(15)12-10(14)4-5-17-12/h2-6,11H,15H2,1H3. The Morgan fingerprint density at radius 3 is 2.59 bits per heavy atom. The van der Waals surface area contributed by atoms with E-state index < -0.39 is 0 Å². The van der Waals surface area contributed by atoms with Crippen LogP contribution in [0.15, 0.2) is 43.9 Å². The lowest BCUT2D eigenvalue weighted by atomic mass is 10.1. The van der Waals surface area contributed by atoms with Crippen LogP contribution in [0.5, 0.6) is 5.75 Å². The molecular weight excluding hydrogens is 350 g/mol. The smallest absolute Gasteiger partial charge is 0.139 e. The zero-order chi connectivity index (χ0) is 12.4. The third kappa shape index (κ3) is 2.56. The minimum atomic E-state index is -0.344. The topological polar surface area (TPSA) is 48.4 Å².